The van der Waals surface area contributed by atoms with E-state index in [1.54, 1.807) is 37.3 Å². The van der Waals surface area contributed by atoms with Crippen LogP contribution in [0, 0.1) is 5.82 Å². The summed E-state index contributed by atoms with van der Waals surface area (Å²) < 4.78 is 28.6. The molecule has 0 saturated heterocycles. The lowest BCUT2D eigenvalue weighted by Gasteiger charge is -2.12. The molecule has 0 bridgehead atoms. The zero-order chi connectivity index (χ0) is 19.4. The molecular formula is C19H18FN3O4. The number of hydrogen-bond donors (Lipinski definition) is 1. The number of nitrogens with zero attached hydrogens (tertiary/aromatic N) is 2. The fourth-order valence-electron chi connectivity index (χ4n) is 2.45. The normalized spacial score (nSPS) is 11.7. The second-order valence-electron chi connectivity index (χ2n) is 5.73. The van der Waals surface area contributed by atoms with Crippen molar-refractivity contribution in [2.75, 3.05) is 14.2 Å². The van der Waals surface area contributed by atoms with Gasteiger partial charge in [0, 0.05) is 11.1 Å². The highest BCUT2D eigenvalue weighted by Crippen LogP contribution is 2.28. The molecule has 0 unspecified atom stereocenters. The first-order valence-electron chi connectivity index (χ1n) is 8.14. The maximum Gasteiger partial charge on any atom is 0.252 e. The van der Waals surface area contributed by atoms with Gasteiger partial charge in [0.05, 0.1) is 14.2 Å². The van der Waals surface area contributed by atoms with E-state index in [1.807, 2.05) is 0 Å². The number of carbonyl (C=O) groups excluding carboxylic acids is 1. The molecule has 0 aliphatic rings. The van der Waals surface area contributed by atoms with E-state index in [0.717, 1.165) is 0 Å². The lowest BCUT2D eigenvalue weighted by molar-refractivity contribution is 0.0932. The smallest absolute Gasteiger partial charge is 0.252 e. The van der Waals surface area contributed by atoms with Crippen LogP contribution in [0.15, 0.2) is 47.0 Å². The number of halogens is 1. The number of methoxy groups -OCH3 is 2. The molecule has 0 aliphatic carbocycles. The highest BCUT2D eigenvalue weighted by atomic mass is 19.1. The minimum atomic E-state index is -0.521. The molecule has 1 aromatic heterocycles. The number of carbonyl (C=O) groups is 1. The van der Waals surface area contributed by atoms with Gasteiger partial charge in [0.15, 0.2) is 11.5 Å². The number of amides is 1. The summed E-state index contributed by atoms with van der Waals surface area (Å²) in [5.41, 5.74) is 1.02. The molecule has 7 nitrogen and oxygen atoms in total. The zero-order valence-electron chi connectivity index (χ0n) is 15.0. The molecule has 27 heavy (non-hydrogen) atoms. The molecule has 1 N–H and O–H groups in total. The molecule has 0 spiro atoms. The van der Waals surface area contributed by atoms with Gasteiger partial charge in [-0.3, -0.25) is 4.79 Å². The number of benzene rings is 2. The second-order valence-corrected chi connectivity index (χ2v) is 5.73. The Morgan fingerprint density at radius 2 is 1.81 bits per heavy atom. The summed E-state index contributed by atoms with van der Waals surface area (Å²) in [6.07, 6.45) is 0. The van der Waals surface area contributed by atoms with Crippen molar-refractivity contribution in [2.45, 2.75) is 13.0 Å². The first kappa shape index (κ1) is 18.4. The fourth-order valence-corrected chi connectivity index (χ4v) is 2.45. The van der Waals surface area contributed by atoms with Crippen LogP contribution in [0.2, 0.25) is 0 Å². The molecule has 1 amide bonds. The number of hydrogen-bond acceptors (Lipinski definition) is 6. The monoisotopic (exact) mass is 371 g/mol. The van der Waals surface area contributed by atoms with Gasteiger partial charge in [-0.15, -0.1) is 0 Å². The van der Waals surface area contributed by atoms with Gasteiger partial charge in [0.2, 0.25) is 11.7 Å². The van der Waals surface area contributed by atoms with Gasteiger partial charge in [-0.1, -0.05) is 5.16 Å². The summed E-state index contributed by atoms with van der Waals surface area (Å²) in [6, 6.07) is 10.1. The summed E-state index contributed by atoms with van der Waals surface area (Å²) in [4.78, 5) is 16.7. The minimum Gasteiger partial charge on any atom is -0.493 e. The van der Waals surface area contributed by atoms with Crippen LogP contribution in [0.5, 0.6) is 11.5 Å². The molecular weight excluding hydrogens is 353 g/mol. The Hall–Kier alpha value is -3.42. The fraction of sp³-hybridized carbons (Fsp3) is 0.211. The van der Waals surface area contributed by atoms with Crippen molar-refractivity contribution in [1.29, 1.82) is 0 Å². The van der Waals surface area contributed by atoms with E-state index in [0.29, 0.717) is 28.5 Å². The number of ether oxygens (including phenoxy) is 2. The van der Waals surface area contributed by atoms with Crippen LogP contribution in [0.1, 0.15) is 29.2 Å². The highest BCUT2D eigenvalue weighted by Gasteiger charge is 2.19. The Kier molecular flexibility index (Phi) is 5.35. The maximum atomic E-state index is 13.0. The maximum absolute atomic E-state index is 13.0. The Morgan fingerprint density at radius 3 is 2.48 bits per heavy atom. The van der Waals surface area contributed by atoms with E-state index in [-0.39, 0.29) is 17.6 Å². The lowest BCUT2D eigenvalue weighted by Crippen LogP contribution is -2.26. The standard InChI is InChI=1S/C19H18FN3O4/c1-11(19-22-17(23-27-19)12-4-7-14(20)8-5-12)21-18(24)13-6-9-15(25-2)16(10-13)26-3/h4-11H,1-3H3,(H,21,24)/t11-/m1/s1. The predicted molar refractivity (Wildman–Crippen MR) is 95.1 cm³/mol. The van der Waals surface area contributed by atoms with Gasteiger partial charge >= 0.3 is 0 Å². The van der Waals surface area contributed by atoms with Crippen LogP contribution in [0.4, 0.5) is 4.39 Å². The summed E-state index contributed by atoms with van der Waals surface area (Å²) >= 11 is 0. The molecule has 1 atom stereocenters. The third-order valence-corrected chi connectivity index (χ3v) is 3.91. The third kappa shape index (κ3) is 4.05. The zero-order valence-corrected chi connectivity index (χ0v) is 15.0. The Bertz CT molecular complexity index is 940. The van der Waals surface area contributed by atoms with Gasteiger partial charge < -0.3 is 19.3 Å². The van der Waals surface area contributed by atoms with Crippen molar-refractivity contribution in [3.05, 3.63) is 59.7 Å². The molecule has 2 aromatic carbocycles. The van der Waals surface area contributed by atoms with Crippen molar-refractivity contribution in [3.63, 3.8) is 0 Å². The highest BCUT2D eigenvalue weighted by molar-refractivity contribution is 5.95. The summed E-state index contributed by atoms with van der Waals surface area (Å²) in [7, 11) is 3.02. The van der Waals surface area contributed by atoms with Crippen molar-refractivity contribution in [2.24, 2.45) is 0 Å². The molecule has 3 aromatic rings. The number of aromatic nitrogens is 2. The Labute approximate surface area is 155 Å². The molecule has 3 rings (SSSR count). The second kappa shape index (κ2) is 7.86. The van der Waals surface area contributed by atoms with E-state index >= 15 is 0 Å². The largest absolute Gasteiger partial charge is 0.493 e. The van der Waals surface area contributed by atoms with Crippen molar-refractivity contribution >= 4 is 5.91 Å². The molecule has 0 fully saturated rings. The SMILES string of the molecule is COc1ccc(C(=O)N[C@H](C)c2nc(-c3ccc(F)cc3)no2)cc1OC. The topological polar surface area (TPSA) is 86.5 Å². The van der Waals surface area contributed by atoms with Gasteiger partial charge in [0.1, 0.15) is 11.9 Å². The molecule has 1 heterocycles. The Balaban J connectivity index is 1.72. The van der Waals surface area contributed by atoms with Gasteiger partial charge in [-0.25, -0.2) is 4.39 Å². The van der Waals surface area contributed by atoms with Crippen LogP contribution >= 0.6 is 0 Å². The quantitative estimate of drug-likeness (QED) is 0.715. The Morgan fingerprint density at radius 1 is 1.11 bits per heavy atom. The predicted octanol–water partition coefficient (Wildman–Crippen LogP) is 3.38. The van der Waals surface area contributed by atoms with E-state index in [2.05, 4.69) is 15.5 Å². The molecule has 0 saturated carbocycles. The van der Waals surface area contributed by atoms with E-state index < -0.39 is 6.04 Å². The van der Waals surface area contributed by atoms with Gasteiger partial charge in [-0.05, 0) is 49.4 Å². The van der Waals surface area contributed by atoms with Crippen LogP contribution in [-0.4, -0.2) is 30.3 Å². The number of nitrogens with one attached hydrogen (secondary N) is 1. The van der Waals surface area contributed by atoms with Crippen LogP contribution in [-0.2, 0) is 0 Å². The first-order valence-corrected chi connectivity index (χ1v) is 8.14. The van der Waals surface area contributed by atoms with Crippen molar-refractivity contribution in [3.8, 4) is 22.9 Å². The molecule has 140 valence electrons. The minimum absolute atomic E-state index is 0.239. The van der Waals surface area contributed by atoms with E-state index in [4.69, 9.17) is 14.0 Å². The molecule has 0 radical (unpaired) electrons. The average molecular weight is 371 g/mol. The summed E-state index contributed by atoms with van der Waals surface area (Å²) in [6.45, 7) is 1.72. The summed E-state index contributed by atoms with van der Waals surface area (Å²) in [5.74, 6) is 0.862. The third-order valence-electron chi connectivity index (χ3n) is 3.91. The van der Waals surface area contributed by atoms with Gasteiger partial charge in [-0.2, -0.15) is 4.98 Å². The average Bonchev–Trinajstić information content (AvgIpc) is 3.18. The first-order chi connectivity index (χ1) is 13.0. The van der Waals surface area contributed by atoms with Crippen LogP contribution < -0.4 is 14.8 Å². The van der Waals surface area contributed by atoms with Gasteiger partial charge in [0.25, 0.3) is 5.91 Å². The summed E-state index contributed by atoms with van der Waals surface area (Å²) in [5, 5.41) is 6.65. The van der Waals surface area contributed by atoms with Crippen LogP contribution in [0.3, 0.4) is 0 Å². The molecule has 0 aliphatic heterocycles. The van der Waals surface area contributed by atoms with Crippen molar-refractivity contribution < 1.29 is 23.2 Å². The number of rotatable bonds is 6. The van der Waals surface area contributed by atoms with Crippen LogP contribution in [0.25, 0.3) is 11.4 Å². The van der Waals surface area contributed by atoms with Crippen molar-refractivity contribution in [1.82, 2.24) is 15.5 Å². The molecule has 8 heteroatoms. The lowest BCUT2D eigenvalue weighted by atomic mass is 10.1. The van der Waals surface area contributed by atoms with E-state index in [1.165, 1.54) is 26.4 Å². The van der Waals surface area contributed by atoms with E-state index in [9.17, 15) is 9.18 Å².